The first-order valence-electron chi connectivity index (χ1n) is 12.3. The van der Waals surface area contributed by atoms with Crippen molar-refractivity contribution in [2.75, 3.05) is 32.7 Å². The Morgan fingerprint density at radius 2 is 1.76 bits per heavy atom. The number of nitrogens with one attached hydrogen (secondary N) is 3. The molecule has 37 heavy (non-hydrogen) atoms. The number of piperazine rings is 1. The first-order valence-corrected chi connectivity index (χ1v) is 12.3. The minimum absolute atomic E-state index is 0.00835. The normalized spacial score (nSPS) is 20.8. The second kappa shape index (κ2) is 12.1. The number of hydrogen-bond donors (Lipinski definition) is 3. The number of rotatable bonds is 6. The van der Waals surface area contributed by atoms with Crippen LogP contribution in [-0.2, 0) is 23.9 Å². The van der Waals surface area contributed by atoms with Gasteiger partial charge in [-0.25, -0.2) is 9.59 Å². The molecule has 0 saturated carbocycles. The first-order chi connectivity index (χ1) is 17.1. The SMILES string of the molecule is CC(C)(C)OC(=O)NCC(=O)N1CCN(C(=O)OC(C)(C)C)C[C@H]1C(=O)NC(C#N)C[C@H]1CCNC1=O. The molecule has 0 spiro atoms. The highest BCUT2D eigenvalue weighted by Gasteiger charge is 2.39. The quantitative estimate of drug-likeness (QED) is 0.452. The molecule has 0 aromatic carbocycles. The molecule has 3 N–H and O–H groups in total. The lowest BCUT2D eigenvalue weighted by Gasteiger charge is -2.41. The van der Waals surface area contributed by atoms with Crippen LogP contribution in [0.1, 0.15) is 54.4 Å². The maximum Gasteiger partial charge on any atom is 0.410 e. The van der Waals surface area contributed by atoms with E-state index in [0.717, 1.165) is 0 Å². The molecule has 0 aromatic rings. The van der Waals surface area contributed by atoms with Gasteiger partial charge in [0.2, 0.25) is 17.7 Å². The fourth-order valence-corrected chi connectivity index (χ4v) is 3.93. The molecule has 13 heteroatoms. The van der Waals surface area contributed by atoms with E-state index in [0.29, 0.717) is 13.0 Å². The molecular weight excluding hydrogens is 484 g/mol. The Morgan fingerprint density at radius 1 is 1.11 bits per heavy atom. The molecule has 206 valence electrons. The van der Waals surface area contributed by atoms with Crippen molar-refractivity contribution in [1.82, 2.24) is 25.8 Å². The molecule has 0 aliphatic carbocycles. The number of alkyl carbamates (subject to hydrolysis) is 1. The minimum Gasteiger partial charge on any atom is -0.444 e. The number of ether oxygens (including phenoxy) is 2. The molecule has 2 aliphatic heterocycles. The van der Waals surface area contributed by atoms with E-state index in [4.69, 9.17) is 9.47 Å². The van der Waals surface area contributed by atoms with Crippen LogP contribution < -0.4 is 16.0 Å². The van der Waals surface area contributed by atoms with Gasteiger partial charge in [-0.1, -0.05) is 0 Å². The average Bonchev–Trinajstić information content (AvgIpc) is 3.18. The molecule has 2 rings (SSSR count). The van der Waals surface area contributed by atoms with E-state index in [2.05, 4.69) is 16.0 Å². The van der Waals surface area contributed by atoms with E-state index in [1.54, 1.807) is 41.5 Å². The monoisotopic (exact) mass is 522 g/mol. The van der Waals surface area contributed by atoms with Crippen LogP contribution >= 0.6 is 0 Å². The van der Waals surface area contributed by atoms with Gasteiger partial charge in [-0.2, -0.15) is 5.26 Å². The van der Waals surface area contributed by atoms with Crippen molar-refractivity contribution in [3.63, 3.8) is 0 Å². The largest absolute Gasteiger partial charge is 0.444 e. The van der Waals surface area contributed by atoms with Crippen molar-refractivity contribution in [3.05, 3.63) is 0 Å². The predicted molar refractivity (Wildman–Crippen MR) is 131 cm³/mol. The highest BCUT2D eigenvalue weighted by Crippen LogP contribution is 2.18. The number of hydrogen-bond acceptors (Lipinski definition) is 8. The molecule has 0 aromatic heterocycles. The zero-order valence-corrected chi connectivity index (χ0v) is 22.4. The van der Waals surface area contributed by atoms with Gasteiger partial charge in [0, 0.05) is 25.6 Å². The zero-order chi connectivity index (χ0) is 28.0. The molecule has 3 atom stereocenters. The molecule has 2 saturated heterocycles. The lowest BCUT2D eigenvalue weighted by Crippen LogP contribution is -2.63. The number of nitrogens with zero attached hydrogens (tertiary/aromatic N) is 3. The van der Waals surface area contributed by atoms with Gasteiger partial charge < -0.3 is 35.2 Å². The Hall–Kier alpha value is -3.56. The second-order valence-corrected chi connectivity index (χ2v) is 11.1. The summed E-state index contributed by atoms with van der Waals surface area (Å²) in [6.45, 7) is 10.2. The van der Waals surface area contributed by atoms with E-state index in [1.165, 1.54) is 9.80 Å². The standard InChI is InChI=1S/C24H38N6O7/c1-23(2,3)36-21(34)27-13-18(31)30-10-9-29(22(35)37-24(4,5)6)14-17(30)20(33)28-16(12-25)11-15-7-8-26-19(15)32/h15-17H,7-11,13-14H2,1-6H3,(H,26,32)(H,27,34)(H,28,33)/t15-,16?,17+/m1/s1. The van der Waals surface area contributed by atoms with Crippen LogP contribution in [0, 0.1) is 17.2 Å². The van der Waals surface area contributed by atoms with Crippen LogP contribution in [0.25, 0.3) is 0 Å². The van der Waals surface area contributed by atoms with Crippen molar-refractivity contribution < 1.29 is 33.4 Å². The molecule has 5 amide bonds. The third-order valence-electron chi connectivity index (χ3n) is 5.59. The summed E-state index contributed by atoms with van der Waals surface area (Å²) in [4.78, 5) is 65.4. The molecule has 2 fully saturated rings. The second-order valence-electron chi connectivity index (χ2n) is 11.1. The zero-order valence-electron chi connectivity index (χ0n) is 22.4. The third kappa shape index (κ3) is 9.44. The maximum atomic E-state index is 13.3. The molecule has 13 nitrogen and oxygen atoms in total. The number of amides is 5. The van der Waals surface area contributed by atoms with Gasteiger partial charge in [0.1, 0.15) is 29.8 Å². The summed E-state index contributed by atoms with van der Waals surface area (Å²) >= 11 is 0. The van der Waals surface area contributed by atoms with Crippen LogP contribution in [0.15, 0.2) is 0 Å². The summed E-state index contributed by atoms with van der Waals surface area (Å²) in [5.74, 6) is -1.78. The molecule has 0 radical (unpaired) electrons. The van der Waals surface area contributed by atoms with E-state index in [9.17, 15) is 29.2 Å². The van der Waals surface area contributed by atoms with Gasteiger partial charge in [-0.05, 0) is 54.4 Å². The Kier molecular flexibility index (Phi) is 9.72. The van der Waals surface area contributed by atoms with Gasteiger partial charge in [0.05, 0.1) is 12.6 Å². The topological polar surface area (TPSA) is 170 Å². The summed E-state index contributed by atoms with van der Waals surface area (Å²) < 4.78 is 10.6. The molecule has 2 heterocycles. The van der Waals surface area contributed by atoms with Gasteiger partial charge >= 0.3 is 12.2 Å². The highest BCUT2D eigenvalue weighted by atomic mass is 16.6. The highest BCUT2D eigenvalue weighted by molar-refractivity contribution is 5.91. The molecular formula is C24H38N6O7. The van der Waals surface area contributed by atoms with Crippen molar-refractivity contribution in [1.29, 1.82) is 5.26 Å². The third-order valence-corrected chi connectivity index (χ3v) is 5.59. The van der Waals surface area contributed by atoms with Crippen LogP contribution in [0.2, 0.25) is 0 Å². The molecule has 0 bridgehead atoms. The lowest BCUT2D eigenvalue weighted by molar-refractivity contribution is -0.143. The fourth-order valence-electron chi connectivity index (χ4n) is 3.93. The molecule has 2 aliphatic rings. The van der Waals surface area contributed by atoms with Crippen LogP contribution in [0.4, 0.5) is 9.59 Å². The summed E-state index contributed by atoms with van der Waals surface area (Å²) in [6, 6.07) is -0.103. The summed E-state index contributed by atoms with van der Waals surface area (Å²) in [5, 5.41) is 17.3. The summed E-state index contributed by atoms with van der Waals surface area (Å²) in [7, 11) is 0. The first kappa shape index (κ1) is 29.7. The van der Waals surface area contributed by atoms with Crippen LogP contribution in [0.5, 0.6) is 0 Å². The minimum atomic E-state index is -1.14. The number of nitriles is 1. The summed E-state index contributed by atoms with van der Waals surface area (Å²) in [6.07, 6.45) is -0.730. The van der Waals surface area contributed by atoms with Crippen molar-refractivity contribution in [2.45, 2.75) is 77.7 Å². The van der Waals surface area contributed by atoms with E-state index in [-0.39, 0.29) is 32.0 Å². The molecule has 1 unspecified atom stereocenters. The fraction of sp³-hybridized carbons (Fsp3) is 0.750. The van der Waals surface area contributed by atoms with E-state index in [1.807, 2.05) is 6.07 Å². The Labute approximate surface area is 217 Å². The Morgan fingerprint density at radius 3 is 2.30 bits per heavy atom. The predicted octanol–water partition coefficient (Wildman–Crippen LogP) is 0.494. The van der Waals surface area contributed by atoms with Crippen LogP contribution in [-0.4, -0.2) is 95.7 Å². The van der Waals surface area contributed by atoms with E-state index < -0.39 is 59.7 Å². The van der Waals surface area contributed by atoms with Crippen molar-refractivity contribution in [2.24, 2.45) is 5.92 Å². The number of carbonyl (C=O) groups is 5. The smallest absolute Gasteiger partial charge is 0.410 e. The maximum absolute atomic E-state index is 13.3. The van der Waals surface area contributed by atoms with Gasteiger partial charge in [0.15, 0.2) is 0 Å². The van der Waals surface area contributed by atoms with Crippen LogP contribution in [0.3, 0.4) is 0 Å². The Bertz CT molecular complexity index is 933. The van der Waals surface area contributed by atoms with Gasteiger partial charge in [-0.3, -0.25) is 14.4 Å². The van der Waals surface area contributed by atoms with Crippen molar-refractivity contribution >= 4 is 29.9 Å². The number of carbonyl (C=O) groups excluding carboxylic acids is 5. The van der Waals surface area contributed by atoms with Crippen molar-refractivity contribution in [3.8, 4) is 6.07 Å². The van der Waals surface area contributed by atoms with Gasteiger partial charge in [0.25, 0.3) is 0 Å². The van der Waals surface area contributed by atoms with E-state index >= 15 is 0 Å². The summed E-state index contributed by atoms with van der Waals surface area (Å²) in [5.41, 5.74) is -1.51. The van der Waals surface area contributed by atoms with Gasteiger partial charge in [-0.15, -0.1) is 0 Å². The average molecular weight is 523 g/mol. The Balaban J connectivity index is 2.13. The lowest BCUT2D eigenvalue weighted by atomic mass is 9.98.